The summed E-state index contributed by atoms with van der Waals surface area (Å²) in [6.07, 6.45) is 3.74. The van der Waals surface area contributed by atoms with E-state index in [9.17, 15) is 13.6 Å². The van der Waals surface area contributed by atoms with Crippen molar-refractivity contribution in [1.82, 2.24) is 0 Å². The van der Waals surface area contributed by atoms with Crippen molar-refractivity contribution >= 4 is 23.0 Å². The minimum Gasteiger partial charge on any atom is -0.374 e. The van der Waals surface area contributed by atoms with Crippen LogP contribution < -0.4 is 15.5 Å². The minimum atomic E-state index is -0.989. The number of nitrogens with zero attached hydrogens (tertiary/aromatic N) is 1. The Hall–Kier alpha value is -2.63. The van der Waals surface area contributed by atoms with Crippen LogP contribution in [0.4, 0.5) is 25.8 Å². The summed E-state index contributed by atoms with van der Waals surface area (Å²) in [6, 6.07) is 10.8. The molecule has 1 amide bonds. The van der Waals surface area contributed by atoms with Crippen molar-refractivity contribution < 1.29 is 13.6 Å². The van der Waals surface area contributed by atoms with Crippen LogP contribution in [0, 0.1) is 11.6 Å². The highest BCUT2D eigenvalue weighted by Crippen LogP contribution is 2.22. The number of piperidine rings is 1. The third kappa shape index (κ3) is 4.50. The largest absolute Gasteiger partial charge is 0.374 e. The van der Waals surface area contributed by atoms with Crippen LogP contribution in [0.1, 0.15) is 26.2 Å². The van der Waals surface area contributed by atoms with Crippen LogP contribution in [0.25, 0.3) is 0 Å². The first-order valence-electron chi connectivity index (χ1n) is 8.90. The molecule has 26 heavy (non-hydrogen) atoms. The number of halogens is 2. The van der Waals surface area contributed by atoms with Crippen LogP contribution in [0.5, 0.6) is 0 Å². The normalized spacial score (nSPS) is 15.4. The highest BCUT2D eigenvalue weighted by atomic mass is 19.2. The van der Waals surface area contributed by atoms with Gasteiger partial charge in [-0.15, -0.1) is 0 Å². The average Bonchev–Trinajstić information content (AvgIpc) is 2.66. The zero-order chi connectivity index (χ0) is 18.5. The summed E-state index contributed by atoms with van der Waals surface area (Å²) in [5.41, 5.74) is 2.25. The molecule has 1 saturated heterocycles. The molecule has 6 heteroatoms. The molecular weight excluding hydrogens is 336 g/mol. The van der Waals surface area contributed by atoms with E-state index in [4.69, 9.17) is 0 Å². The Balaban J connectivity index is 1.57. The van der Waals surface area contributed by atoms with Gasteiger partial charge in [0.15, 0.2) is 11.6 Å². The van der Waals surface area contributed by atoms with Crippen molar-refractivity contribution in [3.63, 3.8) is 0 Å². The van der Waals surface area contributed by atoms with E-state index in [0.29, 0.717) is 0 Å². The summed E-state index contributed by atoms with van der Waals surface area (Å²) in [6.45, 7) is 3.88. The van der Waals surface area contributed by atoms with Gasteiger partial charge in [-0.1, -0.05) is 0 Å². The molecule has 1 fully saturated rings. The van der Waals surface area contributed by atoms with Crippen molar-refractivity contribution in [3.05, 3.63) is 54.1 Å². The number of amides is 1. The van der Waals surface area contributed by atoms with Crippen molar-refractivity contribution in [2.75, 3.05) is 28.6 Å². The van der Waals surface area contributed by atoms with E-state index in [-0.39, 0.29) is 11.6 Å². The number of hydrogen-bond acceptors (Lipinski definition) is 3. The molecule has 0 spiro atoms. The number of rotatable bonds is 5. The fraction of sp³-hybridized carbons (Fsp3) is 0.350. The molecule has 1 aliphatic rings. The topological polar surface area (TPSA) is 44.4 Å². The van der Waals surface area contributed by atoms with Crippen LogP contribution in [0.3, 0.4) is 0 Å². The number of anilines is 3. The van der Waals surface area contributed by atoms with Crippen LogP contribution >= 0.6 is 0 Å². The van der Waals surface area contributed by atoms with Crippen molar-refractivity contribution in [3.8, 4) is 0 Å². The highest BCUT2D eigenvalue weighted by Gasteiger charge is 2.15. The van der Waals surface area contributed by atoms with Gasteiger partial charge < -0.3 is 15.5 Å². The second kappa shape index (κ2) is 8.17. The molecule has 0 saturated carbocycles. The maximum Gasteiger partial charge on any atom is 0.246 e. The zero-order valence-electron chi connectivity index (χ0n) is 14.8. The quantitative estimate of drug-likeness (QED) is 0.832. The lowest BCUT2D eigenvalue weighted by Gasteiger charge is -2.29. The fourth-order valence-corrected chi connectivity index (χ4v) is 3.06. The molecule has 0 unspecified atom stereocenters. The molecule has 2 aromatic rings. The molecule has 1 aliphatic heterocycles. The number of hydrogen-bond donors (Lipinski definition) is 2. The van der Waals surface area contributed by atoms with Gasteiger partial charge in [0.05, 0.1) is 0 Å². The molecule has 0 aliphatic carbocycles. The SMILES string of the molecule is C[C@H](Nc1ccc(N2CCCCC2)cc1)C(=O)Nc1ccc(F)c(F)c1. The summed E-state index contributed by atoms with van der Waals surface area (Å²) in [5, 5.41) is 5.70. The predicted molar refractivity (Wildman–Crippen MR) is 101 cm³/mol. The van der Waals surface area contributed by atoms with Gasteiger partial charge in [0, 0.05) is 36.2 Å². The number of benzene rings is 2. The lowest BCUT2D eigenvalue weighted by Crippen LogP contribution is -2.32. The Morgan fingerprint density at radius 3 is 2.27 bits per heavy atom. The Bertz CT molecular complexity index is 758. The molecule has 0 bridgehead atoms. The Morgan fingerprint density at radius 2 is 1.62 bits per heavy atom. The van der Waals surface area contributed by atoms with E-state index in [1.54, 1.807) is 6.92 Å². The molecular formula is C20H23F2N3O. The molecule has 2 aromatic carbocycles. The lowest BCUT2D eigenvalue weighted by atomic mass is 10.1. The van der Waals surface area contributed by atoms with E-state index < -0.39 is 17.7 Å². The second-order valence-electron chi connectivity index (χ2n) is 6.58. The second-order valence-corrected chi connectivity index (χ2v) is 6.58. The van der Waals surface area contributed by atoms with Gasteiger partial charge in [0.25, 0.3) is 0 Å². The zero-order valence-corrected chi connectivity index (χ0v) is 14.8. The van der Waals surface area contributed by atoms with Crippen molar-refractivity contribution in [1.29, 1.82) is 0 Å². The van der Waals surface area contributed by atoms with Gasteiger partial charge in [0.1, 0.15) is 6.04 Å². The molecule has 0 aromatic heterocycles. The van der Waals surface area contributed by atoms with Gasteiger partial charge in [-0.05, 0) is 62.6 Å². The van der Waals surface area contributed by atoms with Crippen molar-refractivity contribution in [2.24, 2.45) is 0 Å². The van der Waals surface area contributed by atoms with Crippen molar-refractivity contribution in [2.45, 2.75) is 32.2 Å². The minimum absolute atomic E-state index is 0.225. The lowest BCUT2D eigenvalue weighted by molar-refractivity contribution is -0.116. The van der Waals surface area contributed by atoms with E-state index >= 15 is 0 Å². The van der Waals surface area contributed by atoms with E-state index in [1.807, 2.05) is 24.3 Å². The molecule has 1 heterocycles. The number of carbonyl (C=O) groups is 1. The summed E-state index contributed by atoms with van der Waals surface area (Å²) in [4.78, 5) is 14.6. The first kappa shape index (κ1) is 18.2. The van der Waals surface area contributed by atoms with Gasteiger partial charge in [-0.25, -0.2) is 8.78 Å². The van der Waals surface area contributed by atoms with Gasteiger partial charge in [-0.3, -0.25) is 4.79 Å². The fourth-order valence-electron chi connectivity index (χ4n) is 3.06. The first-order valence-corrected chi connectivity index (χ1v) is 8.90. The third-order valence-corrected chi connectivity index (χ3v) is 4.55. The Morgan fingerprint density at radius 1 is 0.962 bits per heavy atom. The van der Waals surface area contributed by atoms with Gasteiger partial charge >= 0.3 is 0 Å². The first-order chi connectivity index (χ1) is 12.5. The summed E-state index contributed by atoms with van der Waals surface area (Å²) < 4.78 is 26.2. The average molecular weight is 359 g/mol. The number of nitrogens with one attached hydrogen (secondary N) is 2. The summed E-state index contributed by atoms with van der Waals surface area (Å²) in [7, 11) is 0. The standard InChI is InChI=1S/C20H23F2N3O/c1-14(20(26)24-16-7-10-18(21)19(22)13-16)23-15-5-8-17(9-6-15)25-11-3-2-4-12-25/h5-10,13-14,23H,2-4,11-12H2,1H3,(H,24,26)/t14-/m0/s1. The van der Waals surface area contributed by atoms with Crippen LogP contribution in [0.15, 0.2) is 42.5 Å². The molecule has 2 N–H and O–H groups in total. The molecule has 0 radical (unpaired) electrons. The van der Waals surface area contributed by atoms with Crippen LogP contribution in [0.2, 0.25) is 0 Å². The number of carbonyl (C=O) groups excluding carboxylic acids is 1. The Kier molecular flexibility index (Phi) is 5.71. The monoisotopic (exact) mass is 359 g/mol. The third-order valence-electron chi connectivity index (χ3n) is 4.55. The van der Waals surface area contributed by atoms with Gasteiger partial charge in [0.2, 0.25) is 5.91 Å². The molecule has 1 atom stereocenters. The van der Waals surface area contributed by atoms with Crippen LogP contribution in [-0.4, -0.2) is 25.0 Å². The van der Waals surface area contributed by atoms with E-state index in [0.717, 1.165) is 30.9 Å². The maximum atomic E-state index is 13.2. The van der Waals surface area contributed by atoms with Crippen LogP contribution in [-0.2, 0) is 4.79 Å². The molecule has 3 rings (SSSR count). The maximum absolute atomic E-state index is 13.2. The van der Waals surface area contributed by atoms with E-state index in [2.05, 4.69) is 15.5 Å². The molecule has 138 valence electrons. The smallest absolute Gasteiger partial charge is 0.246 e. The highest BCUT2D eigenvalue weighted by molar-refractivity contribution is 5.96. The van der Waals surface area contributed by atoms with Gasteiger partial charge in [-0.2, -0.15) is 0 Å². The Labute approximate surface area is 152 Å². The van der Waals surface area contributed by atoms with E-state index in [1.165, 1.54) is 31.0 Å². The molecule has 4 nitrogen and oxygen atoms in total. The predicted octanol–water partition coefficient (Wildman–Crippen LogP) is 4.39. The summed E-state index contributed by atoms with van der Waals surface area (Å²) in [5.74, 6) is -2.25. The summed E-state index contributed by atoms with van der Waals surface area (Å²) >= 11 is 0.